The number of hydrogen-bond acceptors (Lipinski definition) is 16. The Morgan fingerprint density at radius 1 is 0.648 bits per heavy atom. The van der Waals surface area contributed by atoms with Gasteiger partial charge in [0.05, 0.1) is 43.7 Å². The third kappa shape index (κ3) is 22.1. The average molecular weight is 1010 g/mol. The Morgan fingerprint density at radius 3 is 1.79 bits per heavy atom. The number of benzene rings is 2. The van der Waals surface area contributed by atoms with Crippen molar-refractivity contribution >= 4 is 77.1 Å². The van der Waals surface area contributed by atoms with Gasteiger partial charge in [-0.15, -0.1) is 0 Å². The van der Waals surface area contributed by atoms with Crippen molar-refractivity contribution in [2.75, 3.05) is 25.4 Å². The molecule has 0 spiro atoms. The minimum absolute atomic E-state index is 0.00703. The minimum Gasteiger partial charge on any atom is -0.370 e. The number of carbonyl (C=O) groups excluding carboxylic acids is 11. The molecule has 7 atom stereocenters. The number of primary amides is 2. The fraction of sp³-hybridized carbons (Fsp3) is 0.521. The molecule has 0 aliphatic carbocycles. The van der Waals surface area contributed by atoms with Crippen LogP contribution in [-0.2, 0) is 65.6 Å². The second-order valence-corrected chi connectivity index (χ2v) is 18.0. The van der Waals surface area contributed by atoms with Gasteiger partial charge in [0.1, 0.15) is 12.1 Å². The van der Waals surface area contributed by atoms with Crippen molar-refractivity contribution in [1.29, 1.82) is 0 Å². The zero-order valence-electron chi connectivity index (χ0n) is 41.0. The summed E-state index contributed by atoms with van der Waals surface area (Å²) in [4.78, 5) is 147. The summed E-state index contributed by atoms with van der Waals surface area (Å²) in [7, 11) is 0. The lowest BCUT2D eigenvalue weighted by Gasteiger charge is -2.29. The predicted molar refractivity (Wildman–Crippen MR) is 266 cm³/mol. The van der Waals surface area contributed by atoms with Crippen LogP contribution in [0.2, 0.25) is 0 Å². The molecule has 0 aliphatic rings. The fourth-order valence-electron chi connectivity index (χ4n) is 7.17. The molecule has 13 N–H and O–H groups in total. The molecule has 0 fully saturated rings. The van der Waals surface area contributed by atoms with Gasteiger partial charge < -0.3 is 37.6 Å². The number of ketones is 4. The summed E-state index contributed by atoms with van der Waals surface area (Å²) in [5, 5.41) is 10.2. The maximum absolute atomic E-state index is 14.0. The zero-order valence-corrected chi connectivity index (χ0v) is 41.9. The molecule has 0 radical (unpaired) electrons. The number of nitrogens with one attached hydrogen (secondary N) is 7. The molecule has 0 saturated heterocycles. The molecule has 71 heavy (non-hydrogen) atoms. The van der Waals surface area contributed by atoms with E-state index in [9.17, 15) is 52.7 Å². The van der Waals surface area contributed by atoms with Crippen molar-refractivity contribution in [2.24, 2.45) is 29.1 Å². The first kappa shape index (κ1) is 60.7. The van der Waals surface area contributed by atoms with Crippen LogP contribution in [-0.4, -0.2) is 131 Å². The highest BCUT2D eigenvalue weighted by molar-refractivity contribution is 7.80. The maximum atomic E-state index is 14.0. The van der Waals surface area contributed by atoms with Crippen LogP contribution in [0.15, 0.2) is 60.7 Å². The van der Waals surface area contributed by atoms with E-state index in [1.54, 1.807) is 70.2 Å². The number of hydrazine groups is 2. The predicted octanol–water partition coefficient (Wildman–Crippen LogP) is -1.62. The van der Waals surface area contributed by atoms with Crippen molar-refractivity contribution in [2.45, 2.75) is 122 Å². The van der Waals surface area contributed by atoms with Crippen LogP contribution in [0.25, 0.3) is 0 Å². The molecule has 0 aliphatic heterocycles. The second kappa shape index (κ2) is 31.7. The first-order chi connectivity index (χ1) is 33.6. The number of nitrogens with zero attached hydrogens (tertiary/aromatic N) is 1. The van der Waals surface area contributed by atoms with Gasteiger partial charge in [-0.3, -0.25) is 64.0 Å². The van der Waals surface area contributed by atoms with Gasteiger partial charge in [0.25, 0.3) is 0 Å². The summed E-state index contributed by atoms with van der Waals surface area (Å²) < 4.78 is 0. The van der Waals surface area contributed by atoms with Gasteiger partial charge in [-0.25, -0.2) is 10.9 Å². The summed E-state index contributed by atoms with van der Waals surface area (Å²) in [5.41, 5.74) is 19.8. The van der Waals surface area contributed by atoms with Crippen LogP contribution in [0, 0.1) is 11.8 Å². The van der Waals surface area contributed by atoms with Gasteiger partial charge in [0.2, 0.25) is 64.5 Å². The van der Waals surface area contributed by atoms with Crippen LogP contribution in [0.4, 0.5) is 0 Å². The standard InChI is InChI=1S/C48H71N11O11S/c1-6-29(4)42(45(67)44(66)35(53-40(63)20-22-71)24-32-15-11-8-12-16-32)56-46(68)33(17-18-38(49)61)55-47(69)36(25-39(50)62)58-57-30(5)48(70)59(21-19-31-13-9-7-10-14-31)27-41(64)54-34(23-28(2)3)43(65)37(60)26-52-51/h7-16,28-30,33-36,42,52,57-58,71H,6,17-27,51H2,1-5H3,(H2,49,61)(H2,50,62)(H,53,63)(H,54,64)(H,55,69)(H,56,68)/t29-,30-,33-,34-,35-,36-,42?/m0/s1. The summed E-state index contributed by atoms with van der Waals surface area (Å²) in [6, 6.07) is 9.42. The van der Waals surface area contributed by atoms with E-state index in [0.717, 1.165) is 5.56 Å². The van der Waals surface area contributed by atoms with Crippen molar-refractivity contribution in [3.63, 3.8) is 0 Å². The van der Waals surface area contributed by atoms with E-state index in [4.69, 9.17) is 17.3 Å². The third-order valence-electron chi connectivity index (χ3n) is 11.2. The Hall–Kier alpha value is -6.40. The first-order valence-corrected chi connectivity index (χ1v) is 24.1. The number of amides is 7. The zero-order chi connectivity index (χ0) is 53.2. The molecule has 22 nitrogen and oxygen atoms in total. The Bertz CT molecular complexity index is 2150. The molecule has 2 rings (SSSR count). The van der Waals surface area contributed by atoms with Crippen molar-refractivity contribution in [3.05, 3.63) is 71.8 Å². The summed E-state index contributed by atoms with van der Waals surface area (Å²) in [6.45, 7) is 7.35. The molecule has 2 aromatic rings. The molecule has 0 aromatic heterocycles. The molecule has 0 saturated carbocycles. The Kier molecular flexibility index (Phi) is 27.2. The number of thiol groups is 1. The number of Topliss-reactive ketones (excluding diaryl/α,β-unsaturated/α-hetero) is 4. The van der Waals surface area contributed by atoms with E-state index < -0.39 is 133 Å². The lowest BCUT2D eigenvalue weighted by Crippen LogP contribution is -2.61. The normalized spacial score (nSPS) is 14.0. The highest BCUT2D eigenvalue weighted by atomic mass is 32.1. The number of hydrogen-bond donors (Lipinski definition) is 11. The number of nitrogens with two attached hydrogens (primary N) is 3. The fourth-order valence-corrected chi connectivity index (χ4v) is 7.38. The highest BCUT2D eigenvalue weighted by Gasteiger charge is 2.38. The van der Waals surface area contributed by atoms with Crippen LogP contribution >= 0.6 is 12.6 Å². The van der Waals surface area contributed by atoms with Crippen LogP contribution < -0.4 is 54.9 Å². The average Bonchev–Trinajstić information content (AvgIpc) is 3.33. The summed E-state index contributed by atoms with van der Waals surface area (Å²) >= 11 is 4.08. The number of rotatable bonds is 35. The van der Waals surface area contributed by atoms with E-state index in [1.165, 1.54) is 11.8 Å². The molecular weight excluding hydrogens is 939 g/mol. The van der Waals surface area contributed by atoms with Gasteiger partial charge in [-0.2, -0.15) is 12.6 Å². The SMILES string of the molecule is CC[C@H](C)C(NC(=O)[C@H](CCC(N)=O)NC(=O)[C@H](CC(N)=O)NN[C@@H](C)C(=O)N(CCc1ccccc1)CC(=O)N[C@@H](CC(C)C)C(=O)C(=O)CNN)C(=O)C(=O)[C@H](Cc1ccccc1)NC(=O)CCS. The molecule has 23 heteroatoms. The maximum Gasteiger partial charge on any atom is 0.243 e. The van der Waals surface area contributed by atoms with Crippen molar-refractivity contribution in [1.82, 2.24) is 42.4 Å². The van der Waals surface area contributed by atoms with Gasteiger partial charge in [0, 0.05) is 25.8 Å². The Balaban J connectivity index is 2.37. The topological polar surface area (TPSA) is 353 Å². The van der Waals surface area contributed by atoms with Gasteiger partial charge in [-0.1, -0.05) is 94.8 Å². The van der Waals surface area contributed by atoms with Gasteiger partial charge in [0.15, 0.2) is 0 Å². The summed E-state index contributed by atoms with van der Waals surface area (Å²) in [5.74, 6) is -4.81. The molecule has 0 heterocycles. The lowest BCUT2D eigenvalue weighted by molar-refractivity contribution is -0.142. The van der Waals surface area contributed by atoms with Crippen molar-refractivity contribution in [3.8, 4) is 0 Å². The quantitative estimate of drug-likeness (QED) is 0.0160. The van der Waals surface area contributed by atoms with Gasteiger partial charge in [-0.05, 0) is 54.9 Å². The Labute approximate surface area is 419 Å². The second-order valence-electron chi connectivity index (χ2n) is 17.6. The van der Waals surface area contributed by atoms with E-state index in [0.29, 0.717) is 18.4 Å². The monoisotopic (exact) mass is 1010 g/mol. The molecule has 0 bridgehead atoms. The third-order valence-corrected chi connectivity index (χ3v) is 11.5. The molecule has 390 valence electrons. The molecule has 2 aromatic carbocycles. The van der Waals surface area contributed by atoms with Crippen molar-refractivity contribution < 1.29 is 52.7 Å². The summed E-state index contributed by atoms with van der Waals surface area (Å²) in [6.07, 6.45) is -0.836. The Morgan fingerprint density at radius 2 is 1.24 bits per heavy atom. The van der Waals surface area contributed by atoms with E-state index in [1.807, 2.05) is 18.2 Å². The largest absolute Gasteiger partial charge is 0.370 e. The van der Waals surface area contributed by atoms with Crippen LogP contribution in [0.3, 0.4) is 0 Å². The first-order valence-electron chi connectivity index (χ1n) is 23.4. The number of carbonyl (C=O) groups is 11. The smallest absolute Gasteiger partial charge is 0.243 e. The highest BCUT2D eigenvalue weighted by Crippen LogP contribution is 2.15. The minimum atomic E-state index is -1.57. The lowest BCUT2D eigenvalue weighted by atomic mass is 9.89. The van der Waals surface area contributed by atoms with E-state index in [-0.39, 0.29) is 43.9 Å². The van der Waals surface area contributed by atoms with Gasteiger partial charge >= 0.3 is 0 Å². The molecular formula is C48H71N11O11S. The molecule has 1 unspecified atom stereocenters. The van der Waals surface area contributed by atoms with Crippen LogP contribution in [0.5, 0.6) is 0 Å². The van der Waals surface area contributed by atoms with E-state index >= 15 is 0 Å². The molecule has 7 amide bonds. The van der Waals surface area contributed by atoms with E-state index in [2.05, 4.69) is 50.2 Å². The van der Waals surface area contributed by atoms with Crippen LogP contribution in [0.1, 0.15) is 84.3 Å².